The Morgan fingerprint density at radius 1 is 1.19 bits per heavy atom. The molecule has 2 aromatic carbocycles. The highest BCUT2D eigenvalue weighted by Gasteiger charge is 2.16. The number of fused-ring (bicyclic) bond motifs is 1. The Kier molecular flexibility index (Phi) is 4.36. The third kappa shape index (κ3) is 3.16. The Labute approximate surface area is 158 Å². The molecule has 8 heteroatoms. The highest BCUT2D eigenvalue weighted by Crippen LogP contribution is 2.26. The number of nitrogens with one attached hydrogen (secondary N) is 1. The fraction of sp³-hybridized carbons (Fsp3) is 0.0556. The number of benzene rings is 2. The zero-order valence-corrected chi connectivity index (χ0v) is 14.8. The van der Waals surface area contributed by atoms with Gasteiger partial charge < -0.3 is 9.72 Å². The number of imidazole rings is 2. The number of H-pyrrole nitrogens is 1. The van der Waals surface area contributed by atoms with Crippen molar-refractivity contribution in [2.45, 2.75) is 6.61 Å². The number of aromatic nitrogens is 4. The molecule has 0 unspecified atom stereocenters. The fourth-order valence-electron chi connectivity index (χ4n) is 2.61. The maximum Gasteiger partial charge on any atom is 0.357 e. The summed E-state index contributed by atoms with van der Waals surface area (Å²) in [6.07, 6.45) is 3.03. The summed E-state index contributed by atoms with van der Waals surface area (Å²) in [5, 5.41) is 0.935. The number of aromatic amines is 1. The van der Waals surface area contributed by atoms with Gasteiger partial charge >= 0.3 is 5.97 Å². The maximum atomic E-state index is 12.4. The van der Waals surface area contributed by atoms with Crippen molar-refractivity contribution in [3.05, 3.63) is 76.6 Å². The van der Waals surface area contributed by atoms with Crippen molar-refractivity contribution in [3.63, 3.8) is 0 Å². The predicted molar refractivity (Wildman–Crippen MR) is 98.8 cm³/mol. The summed E-state index contributed by atoms with van der Waals surface area (Å²) in [4.78, 5) is 23.9. The minimum absolute atomic E-state index is 0.0264. The minimum Gasteiger partial charge on any atom is -0.453 e. The van der Waals surface area contributed by atoms with Crippen molar-refractivity contribution in [1.82, 2.24) is 19.5 Å². The second kappa shape index (κ2) is 6.82. The average molecular weight is 387 g/mol. The number of halogens is 2. The van der Waals surface area contributed by atoms with Crippen LogP contribution in [0.2, 0.25) is 10.0 Å². The fourth-order valence-corrected chi connectivity index (χ4v) is 3.15. The van der Waals surface area contributed by atoms with E-state index in [0.29, 0.717) is 32.6 Å². The lowest BCUT2D eigenvalue weighted by molar-refractivity contribution is 0.0454. The van der Waals surface area contributed by atoms with Crippen molar-refractivity contribution in [1.29, 1.82) is 0 Å². The first-order valence-corrected chi connectivity index (χ1v) is 8.46. The molecule has 1 N–H and O–H groups in total. The predicted octanol–water partition coefficient (Wildman–Crippen LogP) is 4.41. The Balaban J connectivity index is 1.53. The molecular formula is C18H12Cl2N4O2. The Morgan fingerprint density at radius 3 is 2.81 bits per heavy atom. The highest BCUT2D eigenvalue weighted by atomic mass is 35.5. The van der Waals surface area contributed by atoms with Gasteiger partial charge in [0.25, 0.3) is 0 Å². The second-order valence-corrected chi connectivity index (χ2v) is 6.37. The SMILES string of the molecule is O=C(OCc1nc2c(Cl)cc(Cl)cc2[nH]1)c1cncn1-c1ccccc1. The second-order valence-electron chi connectivity index (χ2n) is 5.53. The van der Waals surface area contributed by atoms with Crippen LogP contribution in [-0.2, 0) is 11.3 Å². The van der Waals surface area contributed by atoms with E-state index >= 15 is 0 Å². The molecule has 26 heavy (non-hydrogen) atoms. The number of rotatable bonds is 4. The molecule has 0 spiro atoms. The number of ether oxygens (including phenoxy) is 1. The number of carbonyl (C=O) groups is 1. The van der Waals surface area contributed by atoms with Gasteiger partial charge in [-0.1, -0.05) is 41.4 Å². The summed E-state index contributed by atoms with van der Waals surface area (Å²) in [6.45, 7) is -0.0264. The number of hydrogen-bond donors (Lipinski definition) is 1. The zero-order chi connectivity index (χ0) is 18.1. The molecule has 6 nitrogen and oxygen atoms in total. The van der Waals surface area contributed by atoms with Gasteiger partial charge in [-0.3, -0.25) is 4.57 Å². The summed E-state index contributed by atoms with van der Waals surface area (Å²) < 4.78 is 7.03. The zero-order valence-electron chi connectivity index (χ0n) is 13.3. The van der Waals surface area contributed by atoms with Crippen molar-refractivity contribution in [2.24, 2.45) is 0 Å². The van der Waals surface area contributed by atoms with E-state index in [-0.39, 0.29) is 6.61 Å². The molecule has 0 amide bonds. The number of carbonyl (C=O) groups excluding carboxylic acids is 1. The largest absolute Gasteiger partial charge is 0.453 e. The van der Waals surface area contributed by atoms with Crippen molar-refractivity contribution >= 4 is 40.2 Å². The van der Waals surface area contributed by atoms with E-state index in [1.165, 1.54) is 6.20 Å². The molecule has 0 fully saturated rings. The summed E-state index contributed by atoms with van der Waals surface area (Å²) in [5.74, 6) is -0.0285. The van der Waals surface area contributed by atoms with E-state index < -0.39 is 5.97 Å². The van der Waals surface area contributed by atoms with E-state index in [9.17, 15) is 4.79 Å². The van der Waals surface area contributed by atoms with Gasteiger partial charge in [0.05, 0.1) is 23.1 Å². The minimum atomic E-state index is -0.504. The van der Waals surface area contributed by atoms with Crippen molar-refractivity contribution < 1.29 is 9.53 Å². The Morgan fingerprint density at radius 2 is 2.00 bits per heavy atom. The third-order valence-electron chi connectivity index (χ3n) is 3.78. The van der Waals surface area contributed by atoms with Crippen LogP contribution in [0.25, 0.3) is 16.7 Å². The maximum absolute atomic E-state index is 12.4. The van der Waals surface area contributed by atoms with E-state index in [0.717, 1.165) is 5.69 Å². The van der Waals surface area contributed by atoms with Crippen molar-refractivity contribution in [2.75, 3.05) is 0 Å². The molecular weight excluding hydrogens is 375 g/mol. The highest BCUT2D eigenvalue weighted by molar-refractivity contribution is 6.38. The molecule has 0 radical (unpaired) electrons. The van der Waals surface area contributed by atoms with Gasteiger partial charge in [0.15, 0.2) is 5.69 Å². The first-order chi connectivity index (χ1) is 12.6. The molecule has 2 heterocycles. The van der Waals surface area contributed by atoms with Crippen LogP contribution < -0.4 is 0 Å². The lowest BCUT2D eigenvalue weighted by atomic mass is 10.3. The van der Waals surface area contributed by atoms with Crippen LogP contribution in [0.3, 0.4) is 0 Å². The molecule has 0 aliphatic rings. The lowest BCUT2D eigenvalue weighted by Crippen LogP contribution is -2.11. The summed E-state index contributed by atoms with van der Waals surface area (Å²) >= 11 is 12.1. The molecule has 2 aromatic heterocycles. The van der Waals surface area contributed by atoms with Gasteiger partial charge in [-0.15, -0.1) is 0 Å². The van der Waals surface area contributed by atoms with Crippen LogP contribution in [0, 0.1) is 0 Å². The smallest absolute Gasteiger partial charge is 0.357 e. The standard InChI is InChI=1S/C18H12Cl2N4O2/c19-11-6-13(20)17-14(7-11)22-16(23-17)9-26-18(25)15-8-21-10-24(15)12-4-2-1-3-5-12/h1-8,10H,9H2,(H,22,23). The number of para-hydroxylation sites is 1. The van der Waals surface area contributed by atoms with Gasteiger partial charge in [-0.25, -0.2) is 14.8 Å². The number of esters is 1. The Hall–Kier alpha value is -2.83. The monoisotopic (exact) mass is 386 g/mol. The molecule has 0 aliphatic heterocycles. The summed E-state index contributed by atoms with van der Waals surface area (Å²) in [7, 11) is 0. The third-order valence-corrected chi connectivity index (χ3v) is 4.28. The van der Waals surface area contributed by atoms with Gasteiger partial charge in [-0.2, -0.15) is 0 Å². The van der Waals surface area contributed by atoms with Gasteiger partial charge in [0, 0.05) is 10.7 Å². The van der Waals surface area contributed by atoms with Crippen LogP contribution >= 0.6 is 23.2 Å². The van der Waals surface area contributed by atoms with E-state index in [4.69, 9.17) is 27.9 Å². The number of hydrogen-bond acceptors (Lipinski definition) is 4. The van der Waals surface area contributed by atoms with Gasteiger partial charge in [0.2, 0.25) is 0 Å². The Bertz CT molecular complexity index is 1090. The van der Waals surface area contributed by atoms with Crippen LogP contribution in [0.15, 0.2) is 55.0 Å². The lowest BCUT2D eigenvalue weighted by Gasteiger charge is -2.07. The van der Waals surface area contributed by atoms with Gasteiger partial charge in [0.1, 0.15) is 17.9 Å². The first kappa shape index (κ1) is 16.6. The molecule has 4 aromatic rings. The topological polar surface area (TPSA) is 72.8 Å². The quantitative estimate of drug-likeness (QED) is 0.527. The van der Waals surface area contributed by atoms with Crippen LogP contribution in [-0.4, -0.2) is 25.5 Å². The summed E-state index contributed by atoms with van der Waals surface area (Å²) in [6, 6.07) is 12.7. The van der Waals surface area contributed by atoms with Gasteiger partial charge in [-0.05, 0) is 24.3 Å². The molecule has 4 rings (SSSR count). The first-order valence-electron chi connectivity index (χ1n) is 7.70. The van der Waals surface area contributed by atoms with Crippen LogP contribution in [0.1, 0.15) is 16.3 Å². The van der Waals surface area contributed by atoms with E-state index in [1.54, 1.807) is 23.0 Å². The van der Waals surface area contributed by atoms with E-state index in [2.05, 4.69) is 15.0 Å². The van der Waals surface area contributed by atoms with Crippen LogP contribution in [0.4, 0.5) is 0 Å². The molecule has 0 saturated carbocycles. The molecule has 130 valence electrons. The molecule has 0 bridgehead atoms. The van der Waals surface area contributed by atoms with Crippen LogP contribution in [0.5, 0.6) is 0 Å². The number of nitrogens with zero attached hydrogens (tertiary/aromatic N) is 3. The molecule has 0 saturated heterocycles. The normalized spacial score (nSPS) is 11.0. The average Bonchev–Trinajstić information content (AvgIpc) is 3.27. The molecule has 0 atom stereocenters. The van der Waals surface area contributed by atoms with Crippen molar-refractivity contribution in [3.8, 4) is 5.69 Å². The summed E-state index contributed by atoms with van der Waals surface area (Å²) in [5.41, 5.74) is 2.41. The van der Waals surface area contributed by atoms with E-state index in [1.807, 2.05) is 30.3 Å². The molecule has 0 aliphatic carbocycles.